The summed E-state index contributed by atoms with van der Waals surface area (Å²) in [6.07, 6.45) is 6.15. The summed E-state index contributed by atoms with van der Waals surface area (Å²) in [4.78, 5) is 56.1. The number of aliphatic carboxylic acids is 1. The summed E-state index contributed by atoms with van der Waals surface area (Å²) in [6.45, 7) is -1.77. The maximum Gasteiger partial charge on any atom is 0.508 e. The number of fused-ring (bicyclic) bond motifs is 1. The molecule has 1 aliphatic heterocycles. The van der Waals surface area contributed by atoms with Crippen LogP contribution in [0.3, 0.4) is 0 Å². The number of rotatable bonds is 16. The summed E-state index contributed by atoms with van der Waals surface area (Å²) in [7, 11) is -2.28. The molecule has 2 heterocycles. The van der Waals surface area contributed by atoms with E-state index >= 15 is 0 Å². The Kier molecular flexibility index (Phi) is 13.0. The molecule has 1 aromatic heterocycles. The maximum atomic E-state index is 14.8. The van der Waals surface area contributed by atoms with E-state index in [2.05, 4.69) is 4.72 Å². The number of nitrogens with zero attached hydrogens (tertiary/aromatic N) is 2. The van der Waals surface area contributed by atoms with E-state index in [-0.39, 0.29) is 55.3 Å². The van der Waals surface area contributed by atoms with Crippen molar-refractivity contribution in [2.24, 2.45) is 0 Å². The minimum Gasteiger partial charge on any atom is -0.480 e. The minimum absolute atomic E-state index is 0.00289. The Labute approximate surface area is 310 Å². The van der Waals surface area contributed by atoms with Crippen LogP contribution in [0.4, 0.5) is 14.6 Å². The molecule has 0 unspecified atom stereocenters. The van der Waals surface area contributed by atoms with Crippen molar-refractivity contribution in [1.29, 1.82) is 0 Å². The van der Waals surface area contributed by atoms with Crippen LogP contribution in [0.1, 0.15) is 53.6 Å². The van der Waals surface area contributed by atoms with E-state index in [4.69, 9.17) is 18.9 Å². The first kappa shape index (κ1) is 39.2. The third-order valence-corrected chi connectivity index (χ3v) is 11.8. The number of nitrogens with one attached hydrogen (secondary N) is 1. The molecule has 3 aromatic rings. The fraction of sp³-hybridized carbons (Fsp3) is 0.429. The second-order valence-electron chi connectivity index (χ2n) is 12.5. The van der Waals surface area contributed by atoms with Crippen LogP contribution in [0.25, 0.3) is 10.4 Å². The van der Waals surface area contributed by atoms with Crippen molar-refractivity contribution >= 4 is 62.2 Å². The van der Waals surface area contributed by atoms with E-state index in [1.54, 1.807) is 24.3 Å². The summed E-state index contributed by atoms with van der Waals surface area (Å²) in [5.41, 5.74) is 1.59. The van der Waals surface area contributed by atoms with Gasteiger partial charge in [0.15, 0.2) is 6.79 Å². The Bertz CT molecular complexity index is 1890. The monoisotopic (exact) mass is 776 g/mol. The Morgan fingerprint density at radius 1 is 1.08 bits per heavy atom. The molecular weight excluding hydrogens is 735 g/mol. The number of ether oxygens (including phenoxy) is 4. The van der Waals surface area contributed by atoms with Gasteiger partial charge in [-0.25, -0.2) is 27.6 Å². The van der Waals surface area contributed by atoms with Gasteiger partial charge in [0.05, 0.1) is 6.26 Å². The van der Waals surface area contributed by atoms with Gasteiger partial charge in [-0.3, -0.25) is 9.59 Å². The highest BCUT2D eigenvalue weighted by Gasteiger charge is 2.55. The van der Waals surface area contributed by atoms with E-state index in [1.165, 1.54) is 18.9 Å². The number of hydrogen-bond donors (Lipinski definition) is 2. The van der Waals surface area contributed by atoms with Crippen LogP contribution >= 0.6 is 23.1 Å². The number of carboxylic acid groups (broad SMARTS) is 1. The van der Waals surface area contributed by atoms with Gasteiger partial charge in [-0.2, -0.15) is 4.48 Å². The number of hydrogen-bond acceptors (Lipinski definition) is 12. The molecule has 0 radical (unpaired) electrons. The highest BCUT2D eigenvalue weighted by molar-refractivity contribution is 7.98. The van der Waals surface area contributed by atoms with Gasteiger partial charge in [-0.05, 0) is 67.8 Å². The van der Waals surface area contributed by atoms with Gasteiger partial charge >= 0.3 is 18.2 Å². The van der Waals surface area contributed by atoms with Crippen molar-refractivity contribution in [3.05, 3.63) is 65.2 Å². The van der Waals surface area contributed by atoms with E-state index < -0.39 is 45.1 Å². The Morgan fingerprint density at radius 3 is 2.44 bits per heavy atom. The van der Waals surface area contributed by atoms with Gasteiger partial charge in [-0.15, -0.1) is 11.8 Å². The van der Waals surface area contributed by atoms with Gasteiger partial charge in [-0.1, -0.05) is 36.0 Å². The first-order chi connectivity index (χ1) is 24.9. The highest BCUT2D eigenvalue weighted by Crippen LogP contribution is 2.50. The van der Waals surface area contributed by atoms with Crippen LogP contribution in [-0.2, 0) is 42.1 Å². The molecule has 2 aromatic carbocycles. The Hall–Kier alpha value is -4.00. The number of carbonyl (C=O) groups is 4. The van der Waals surface area contributed by atoms with Crippen LogP contribution in [0, 0.1) is 0 Å². The van der Waals surface area contributed by atoms with Crippen molar-refractivity contribution in [3.63, 3.8) is 0 Å². The van der Waals surface area contributed by atoms with E-state index in [9.17, 15) is 32.7 Å². The van der Waals surface area contributed by atoms with E-state index in [0.29, 0.717) is 21.1 Å². The number of carboxylic acids is 1. The van der Waals surface area contributed by atoms with Crippen LogP contribution in [0.2, 0.25) is 0 Å². The molecule has 1 saturated carbocycles. The predicted octanol–water partition coefficient (Wildman–Crippen LogP) is 5.82. The molecule has 5 rings (SSSR count). The first-order valence-corrected chi connectivity index (χ1v) is 20.5. The zero-order valence-corrected chi connectivity index (χ0v) is 31.6. The predicted molar refractivity (Wildman–Crippen MR) is 196 cm³/mol. The fourth-order valence-corrected chi connectivity index (χ4v) is 8.88. The summed E-state index contributed by atoms with van der Waals surface area (Å²) in [5, 5.41) is 10.2. The number of quaternary nitrogens is 1. The number of methoxy groups -OCH3 is 1. The molecule has 1 atom stereocenters. The Balaban J connectivity index is 1.68. The number of sulfonamides is 1. The molecule has 0 saturated heterocycles. The van der Waals surface area contributed by atoms with Crippen LogP contribution in [0.15, 0.2) is 53.4 Å². The van der Waals surface area contributed by atoms with Gasteiger partial charge in [0.1, 0.15) is 43.7 Å². The maximum absolute atomic E-state index is 14.8. The lowest BCUT2D eigenvalue weighted by molar-refractivity contribution is -0.137. The topological polar surface area (TPSA) is 175 Å². The average Bonchev–Trinajstić information content (AvgIpc) is 3.51. The number of thioether (sulfide) groups is 1. The third kappa shape index (κ3) is 9.13. The number of carbonyl (C=O) groups excluding carboxylic acids is 3. The molecule has 52 heavy (non-hydrogen) atoms. The standard InChI is InChI=1S/C35H41N3O11S3/c1-46-22-48-25-15-13-23(14-16-25)31-27(19-36-52(3,44)45)30-32(41)37(20-29(39)40)34(42)38(33(30)51-31,21-24-9-7-8-12-28(24)50-2)17-18-47-35(43)49-26-10-5-4-6-11-26/h7-9,12-16,26,36H,4-6,10-11,17-22H2,1-3H3/p+1/t38-/m1/s1. The van der Waals surface area contributed by atoms with Crippen LogP contribution in [0.5, 0.6) is 5.75 Å². The third-order valence-electron chi connectivity index (χ3n) is 8.84. The second-order valence-corrected chi connectivity index (χ2v) is 16.1. The van der Waals surface area contributed by atoms with E-state index in [1.807, 2.05) is 30.5 Å². The quantitative estimate of drug-likeness (QED) is 0.0773. The van der Waals surface area contributed by atoms with Gasteiger partial charge in [0.25, 0.3) is 5.91 Å². The first-order valence-electron chi connectivity index (χ1n) is 16.6. The molecule has 280 valence electrons. The molecule has 1 aliphatic carbocycles. The molecule has 3 amide bonds. The summed E-state index contributed by atoms with van der Waals surface area (Å²) >= 11 is 2.58. The highest BCUT2D eigenvalue weighted by atomic mass is 32.2. The van der Waals surface area contributed by atoms with Gasteiger partial charge < -0.3 is 24.1 Å². The van der Waals surface area contributed by atoms with Gasteiger partial charge in [0.2, 0.25) is 15.0 Å². The molecule has 2 aliphatic rings. The van der Waals surface area contributed by atoms with E-state index in [0.717, 1.165) is 60.2 Å². The van der Waals surface area contributed by atoms with Gasteiger partial charge in [0, 0.05) is 34.6 Å². The fourth-order valence-electron chi connectivity index (χ4n) is 6.40. The smallest absolute Gasteiger partial charge is 0.480 e. The number of thiophene rings is 1. The summed E-state index contributed by atoms with van der Waals surface area (Å²) in [6, 6.07) is 13.4. The van der Waals surface area contributed by atoms with Crippen molar-refractivity contribution in [2.45, 2.75) is 56.2 Å². The molecule has 1 fully saturated rings. The van der Waals surface area contributed by atoms with Crippen molar-refractivity contribution in [1.82, 2.24) is 14.1 Å². The van der Waals surface area contributed by atoms with Crippen LogP contribution < -0.4 is 13.9 Å². The lowest BCUT2D eigenvalue weighted by atomic mass is 9.98. The van der Waals surface area contributed by atoms with Crippen molar-refractivity contribution in [3.8, 4) is 16.2 Å². The van der Waals surface area contributed by atoms with Crippen molar-refractivity contribution < 1.29 is 51.6 Å². The lowest BCUT2D eigenvalue weighted by Gasteiger charge is -2.40. The molecule has 0 spiro atoms. The number of amides is 3. The number of imide groups is 1. The zero-order valence-electron chi connectivity index (χ0n) is 29.1. The number of benzene rings is 2. The SMILES string of the molecule is COCOc1ccc(-c2sc3c(c2CNS(C)(=O)=O)C(=O)N(CC(=O)O)C(=O)[N@+]3(CCOC(=O)OC2CCCCC2)Cc2ccccc2SC)cc1. The number of urea groups is 1. The lowest BCUT2D eigenvalue weighted by Crippen LogP contribution is -2.65. The molecule has 17 heteroatoms. The van der Waals surface area contributed by atoms with Crippen molar-refractivity contribution in [2.75, 3.05) is 46.1 Å². The average molecular weight is 777 g/mol. The summed E-state index contributed by atoms with van der Waals surface area (Å²) in [5.74, 6) is -1.80. The summed E-state index contributed by atoms with van der Waals surface area (Å²) < 4.78 is 48.3. The second kappa shape index (κ2) is 17.2. The minimum atomic E-state index is -3.77. The largest absolute Gasteiger partial charge is 0.508 e. The molecule has 14 nitrogen and oxygen atoms in total. The molecular formula is C35H42N3O11S3+. The normalized spacial score (nSPS) is 17.9. The Morgan fingerprint density at radius 2 is 1.79 bits per heavy atom. The van der Waals surface area contributed by atoms with Crippen LogP contribution in [-0.4, -0.2) is 94.7 Å². The molecule has 0 bridgehead atoms. The zero-order chi connectivity index (χ0) is 37.5. The molecule has 2 N–H and O–H groups in total.